The van der Waals surface area contributed by atoms with Crippen molar-refractivity contribution in [3.8, 4) is 0 Å². The molecule has 1 aliphatic rings. The molecule has 5 nitrogen and oxygen atoms in total. The molecule has 0 saturated carbocycles. The average Bonchev–Trinajstić information content (AvgIpc) is 2.85. The molecule has 4 rings (SSSR count). The van der Waals surface area contributed by atoms with Crippen LogP contribution in [0.4, 0.5) is 15.8 Å². The summed E-state index contributed by atoms with van der Waals surface area (Å²) in [6, 6.07) is 17.9. The van der Waals surface area contributed by atoms with Gasteiger partial charge in [0, 0.05) is 32.0 Å². The van der Waals surface area contributed by atoms with Crippen LogP contribution in [0.15, 0.2) is 60.7 Å². The summed E-state index contributed by atoms with van der Waals surface area (Å²) in [6.07, 6.45) is 1.30. The number of anilines is 2. The van der Waals surface area contributed by atoms with Gasteiger partial charge in [0.1, 0.15) is 5.82 Å². The Balaban J connectivity index is 1.73. The lowest BCUT2D eigenvalue weighted by atomic mass is 9.83. The molecule has 0 radical (unpaired) electrons. The zero-order valence-corrected chi connectivity index (χ0v) is 21.6. The van der Waals surface area contributed by atoms with Crippen molar-refractivity contribution >= 4 is 23.2 Å². The second-order valence-corrected chi connectivity index (χ2v) is 9.90. The van der Waals surface area contributed by atoms with Gasteiger partial charge in [0.15, 0.2) is 0 Å². The quantitative estimate of drug-likeness (QED) is 0.477. The number of hydrogen-bond acceptors (Lipinski definition) is 3. The van der Waals surface area contributed by atoms with Crippen molar-refractivity contribution in [1.29, 1.82) is 0 Å². The van der Waals surface area contributed by atoms with Crippen LogP contribution in [0.5, 0.6) is 0 Å². The zero-order chi connectivity index (χ0) is 26.0. The molecule has 0 aromatic heterocycles. The average molecular weight is 488 g/mol. The van der Waals surface area contributed by atoms with Gasteiger partial charge >= 0.3 is 0 Å². The fraction of sp³-hybridized carbons (Fsp3) is 0.333. The van der Waals surface area contributed by atoms with Crippen LogP contribution in [0, 0.1) is 32.5 Å². The van der Waals surface area contributed by atoms with E-state index < -0.39 is 17.8 Å². The predicted octanol–water partition coefficient (Wildman–Crippen LogP) is 6.05. The van der Waals surface area contributed by atoms with E-state index in [9.17, 15) is 14.0 Å². The summed E-state index contributed by atoms with van der Waals surface area (Å²) in [5, 5.41) is 3.07. The number of piperidine rings is 1. The standard InChI is InChI=1S/C30H34FN3O2/c1-19-11-14-23(18-21(19)3)32-29(35)25-9-7-17-34(30(36)27-20(2)8-6-10-26(27)31)28(25)22-12-15-24(16-13-22)33(4)5/h6,8,10-16,18,25,28H,7,9,17H2,1-5H3,(H,32,35)/t25?,28-/m0/s1. The van der Waals surface area contributed by atoms with E-state index in [2.05, 4.69) is 5.32 Å². The Morgan fingerprint density at radius 1 is 0.944 bits per heavy atom. The van der Waals surface area contributed by atoms with E-state index in [1.165, 1.54) is 6.07 Å². The van der Waals surface area contributed by atoms with Gasteiger partial charge in [-0.3, -0.25) is 9.59 Å². The van der Waals surface area contributed by atoms with Crippen LogP contribution in [0.1, 0.15) is 51.5 Å². The lowest BCUT2D eigenvalue weighted by Gasteiger charge is -2.41. The molecule has 1 aliphatic heterocycles. The summed E-state index contributed by atoms with van der Waals surface area (Å²) in [4.78, 5) is 31.1. The third kappa shape index (κ3) is 5.13. The van der Waals surface area contributed by atoms with Gasteiger partial charge in [0.25, 0.3) is 5.91 Å². The molecule has 1 saturated heterocycles. The topological polar surface area (TPSA) is 52.7 Å². The number of halogens is 1. The predicted molar refractivity (Wildman–Crippen MR) is 143 cm³/mol. The monoisotopic (exact) mass is 487 g/mol. The van der Waals surface area contributed by atoms with E-state index in [4.69, 9.17) is 0 Å². The normalized spacial score (nSPS) is 17.6. The van der Waals surface area contributed by atoms with Gasteiger partial charge in [-0.25, -0.2) is 4.39 Å². The number of carbonyl (C=O) groups is 2. The Hall–Kier alpha value is -3.67. The number of rotatable bonds is 5. The Bertz CT molecular complexity index is 1250. The summed E-state index contributed by atoms with van der Waals surface area (Å²) < 4.78 is 14.8. The van der Waals surface area contributed by atoms with Crippen molar-refractivity contribution in [2.45, 2.75) is 39.7 Å². The van der Waals surface area contributed by atoms with Crippen molar-refractivity contribution in [1.82, 2.24) is 4.90 Å². The van der Waals surface area contributed by atoms with E-state index >= 15 is 0 Å². The number of carbonyl (C=O) groups excluding carboxylic acids is 2. The Labute approximate surface area is 212 Å². The third-order valence-corrected chi connectivity index (χ3v) is 7.19. The van der Waals surface area contributed by atoms with Crippen LogP contribution < -0.4 is 10.2 Å². The molecule has 1 heterocycles. The second kappa shape index (κ2) is 10.5. The molecule has 0 bridgehead atoms. The fourth-order valence-electron chi connectivity index (χ4n) is 4.98. The van der Waals surface area contributed by atoms with Gasteiger partial charge in [0.05, 0.1) is 17.5 Å². The van der Waals surface area contributed by atoms with Gasteiger partial charge in [0.2, 0.25) is 5.91 Å². The molecule has 36 heavy (non-hydrogen) atoms. The number of nitrogens with one attached hydrogen (secondary N) is 1. The van der Waals surface area contributed by atoms with Crippen LogP contribution in [-0.4, -0.2) is 37.4 Å². The van der Waals surface area contributed by atoms with Crippen molar-refractivity contribution in [3.05, 3.63) is 94.3 Å². The summed E-state index contributed by atoms with van der Waals surface area (Å²) >= 11 is 0. The maximum atomic E-state index is 14.8. The van der Waals surface area contributed by atoms with E-state index in [1.807, 2.05) is 75.3 Å². The SMILES string of the molecule is Cc1ccc(NC(=O)C2CCCN(C(=O)c3c(C)cccc3F)[C@H]2c2ccc(N(C)C)cc2)cc1C. The van der Waals surface area contributed by atoms with Gasteiger partial charge in [-0.2, -0.15) is 0 Å². The van der Waals surface area contributed by atoms with Gasteiger partial charge in [-0.15, -0.1) is 0 Å². The first-order chi connectivity index (χ1) is 17.2. The molecule has 2 atom stereocenters. The van der Waals surface area contributed by atoms with Crippen LogP contribution in [-0.2, 0) is 4.79 Å². The smallest absolute Gasteiger partial charge is 0.257 e. The third-order valence-electron chi connectivity index (χ3n) is 7.19. The molecule has 1 fully saturated rings. The van der Waals surface area contributed by atoms with Gasteiger partial charge in [-0.1, -0.05) is 30.3 Å². The van der Waals surface area contributed by atoms with Crippen LogP contribution in [0.2, 0.25) is 0 Å². The van der Waals surface area contributed by atoms with E-state index in [-0.39, 0.29) is 17.4 Å². The van der Waals surface area contributed by atoms with Crippen LogP contribution >= 0.6 is 0 Å². The lowest BCUT2D eigenvalue weighted by molar-refractivity contribution is -0.123. The highest BCUT2D eigenvalue weighted by Crippen LogP contribution is 2.39. The zero-order valence-electron chi connectivity index (χ0n) is 21.6. The second-order valence-electron chi connectivity index (χ2n) is 9.90. The first-order valence-corrected chi connectivity index (χ1v) is 12.4. The first-order valence-electron chi connectivity index (χ1n) is 12.4. The van der Waals surface area contributed by atoms with E-state index in [0.29, 0.717) is 24.9 Å². The maximum absolute atomic E-state index is 14.8. The summed E-state index contributed by atoms with van der Waals surface area (Å²) in [6.45, 7) is 6.24. The van der Waals surface area contributed by atoms with Crippen LogP contribution in [0.25, 0.3) is 0 Å². The molecule has 0 spiro atoms. The van der Waals surface area contributed by atoms with Crippen molar-refractivity contribution < 1.29 is 14.0 Å². The van der Waals surface area contributed by atoms with Crippen molar-refractivity contribution in [2.75, 3.05) is 30.9 Å². The largest absolute Gasteiger partial charge is 0.378 e. The molecule has 6 heteroatoms. The summed E-state index contributed by atoms with van der Waals surface area (Å²) in [5.74, 6) is -1.52. The summed E-state index contributed by atoms with van der Waals surface area (Å²) in [5.41, 5.74) is 5.53. The highest BCUT2D eigenvalue weighted by Gasteiger charge is 2.40. The number of aryl methyl sites for hydroxylation is 3. The minimum Gasteiger partial charge on any atom is -0.378 e. The molecule has 188 valence electrons. The Kier molecular flexibility index (Phi) is 7.43. The molecule has 1 unspecified atom stereocenters. The van der Waals surface area contributed by atoms with Crippen molar-refractivity contribution in [2.24, 2.45) is 5.92 Å². The minimum absolute atomic E-state index is 0.0719. The Morgan fingerprint density at radius 2 is 1.67 bits per heavy atom. The number of nitrogens with zero attached hydrogens (tertiary/aromatic N) is 2. The van der Waals surface area contributed by atoms with Gasteiger partial charge in [-0.05, 0) is 86.2 Å². The summed E-state index contributed by atoms with van der Waals surface area (Å²) in [7, 11) is 3.93. The Morgan fingerprint density at radius 3 is 2.31 bits per heavy atom. The molecular formula is C30H34FN3O2. The number of benzene rings is 3. The fourth-order valence-corrected chi connectivity index (χ4v) is 4.98. The molecular weight excluding hydrogens is 453 g/mol. The molecule has 3 aromatic rings. The minimum atomic E-state index is -0.539. The van der Waals surface area contributed by atoms with Crippen molar-refractivity contribution in [3.63, 3.8) is 0 Å². The highest BCUT2D eigenvalue weighted by molar-refractivity contribution is 5.98. The maximum Gasteiger partial charge on any atom is 0.257 e. The lowest BCUT2D eigenvalue weighted by Crippen LogP contribution is -2.46. The first kappa shape index (κ1) is 25.4. The highest BCUT2D eigenvalue weighted by atomic mass is 19.1. The molecule has 0 aliphatic carbocycles. The van der Waals surface area contributed by atoms with Gasteiger partial charge < -0.3 is 15.1 Å². The number of hydrogen-bond donors (Lipinski definition) is 1. The molecule has 1 N–H and O–H groups in total. The van der Waals surface area contributed by atoms with Crippen LogP contribution in [0.3, 0.4) is 0 Å². The van der Waals surface area contributed by atoms with E-state index in [0.717, 1.165) is 28.1 Å². The number of amides is 2. The molecule has 2 amide bonds. The molecule has 3 aromatic carbocycles. The number of likely N-dealkylation sites (tertiary alicyclic amines) is 1. The van der Waals surface area contributed by atoms with E-state index in [1.54, 1.807) is 24.0 Å².